The van der Waals surface area contributed by atoms with Crippen LogP contribution in [0, 0.1) is 6.92 Å². The van der Waals surface area contributed by atoms with Crippen molar-refractivity contribution in [1.29, 1.82) is 0 Å². The fraction of sp³-hybridized carbons (Fsp3) is 0.312. The molecule has 0 fully saturated rings. The SMILES string of the molecule is Cc1cnc(CC(O)C(F)(F)F)cc1-c1cnc2c(N)nc(C(F)(F)F)cn12. The number of nitrogens with zero attached hydrogens (tertiary/aromatic N) is 4. The summed E-state index contributed by atoms with van der Waals surface area (Å²) in [5.74, 6) is -0.444. The topological polar surface area (TPSA) is 89.3 Å². The molecule has 3 rings (SSSR count). The largest absolute Gasteiger partial charge is 0.434 e. The summed E-state index contributed by atoms with van der Waals surface area (Å²) in [5.41, 5.74) is 5.15. The average molecular weight is 405 g/mol. The van der Waals surface area contributed by atoms with Crippen LogP contribution in [0.2, 0.25) is 0 Å². The molecule has 0 radical (unpaired) electrons. The number of anilines is 1. The predicted octanol–water partition coefficient (Wildman–Crippen LogP) is 3.17. The lowest BCUT2D eigenvalue weighted by molar-refractivity contribution is -0.203. The van der Waals surface area contributed by atoms with Crippen molar-refractivity contribution >= 4 is 11.5 Å². The molecule has 0 aliphatic rings. The molecule has 0 saturated carbocycles. The molecule has 3 aromatic heterocycles. The Morgan fingerprint density at radius 3 is 2.43 bits per heavy atom. The summed E-state index contributed by atoms with van der Waals surface area (Å²) >= 11 is 0. The van der Waals surface area contributed by atoms with Gasteiger partial charge in [0, 0.05) is 30.1 Å². The van der Waals surface area contributed by atoms with Gasteiger partial charge in [0.15, 0.2) is 23.3 Å². The number of pyridine rings is 1. The Kier molecular flexibility index (Phi) is 4.69. The van der Waals surface area contributed by atoms with Crippen LogP contribution in [-0.2, 0) is 12.6 Å². The third-order valence-corrected chi connectivity index (χ3v) is 4.02. The van der Waals surface area contributed by atoms with Gasteiger partial charge in [0.1, 0.15) is 0 Å². The summed E-state index contributed by atoms with van der Waals surface area (Å²) in [7, 11) is 0. The minimum atomic E-state index is -4.82. The monoisotopic (exact) mass is 405 g/mol. The van der Waals surface area contributed by atoms with Gasteiger partial charge in [-0.15, -0.1) is 0 Å². The van der Waals surface area contributed by atoms with Gasteiger partial charge in [-0.3, -0.25) is 9.38 Å². The summed E-state index contributed by atoms with van der Waals surface area (Å²) < 4.78 is 77.9. The first-order valence-corrected chi connectivity index (χ1v) is 7.79. The number of nitrogens with two attached hydrogens (primary N) is 1. The first-order valence-electron chi connectivity index (χ1n) is 7.79. The molecular weight excluding hydrogens is 392 g/mol. The second-order valence-corrected chi connectivity index (χ2v) is 6.10. The van der Waals surface area contributed by atoms with E-state index < -0.39 is 36.4 Å². The molecule has 12 heteroatoms. The van der Waals surface area contributed by atoms with Crippen LogP contribution >= 0.6 is 0 Å². The smallest absolute Gasteiger partial charge is 0.383 e. The molecular formula is C16H13F6N5O. The van der Waals surface area contributed by atoms with Crippen LogP contribution < -0.4 is 5.73 Å². The number of aryl methyl sites for hydroxylation is 1. The van der Waals surface area contributed by atoms with E-state index in [4.69, 9.17) is 5.73 Å². The lowest BCUT2D eigenvalue weighted by Crippen LogP contribution is -2.30. The number of imidazole rings is 1. The summed E-state index contributed by atoms with van der Waals surface area (Å²) in [5, 5.41) is 9.23. The van der Waals surface area contributed by atoms with E-state index in [1.54, 1.807) is 6.92 Å². The molecule has 150 valence electrons. The molecule has 28 heavy (non-hydrogen) atoms. The zero-order chi connectivity index (χ0) is 20.9. The van der Waals surface area contributed by atoms with Gasteiger partial charge >= 0.3 is 12.4 Å². The van der Waals surface area contributed by atoms with Gasteiger partial charge in [0.25, 0.3) is 0 Å². The summed E-state index contributed by atoms with van der Waals surface area (Å²) in [6, 6.07) is 1.26. The Bertz CT molecular complexity index is 1030. The first-order chi connectivity index (χ1) is 12.9. The number of hydrogen-bond acceptors (Lipinski definition) is 5. The summed E-state index contributed by atoms with van der Waals surface area (Å²) in [4.78, 5) is 11.1. The van der Waals surface area contributed by atoms with Crippen LogP contribution in [0.1, 0.15) is 17.0 Å². The highest BCUT2D eigenvalue weighted by Crippen LogP contribution is 2.32. The van der Waals surface area contributed by atoms with Gasteiger partial charge in [-0.2, -0.15) is 26.3 Å². The maximum atomic E-state index is 13.0. The number of fused-ring (bicyclic) bond motifs is 1. The molecule has 0 aromatic carbocycles. The Hall–Kier alpha value is -2.89. The lowest BCUT2D eigenvalue weighted by Gasteiger charge is -2.15. The molecule has 0 aliphatic heterocycles. The van der Waals surface area contributed by atoms with Crippen LogP contribution in [0.25, 0.3) is 16.9 Å². The summed E-state index contributed by atoms with van der Waals surface area (Å²) in [6.45, 7) is 1.58. The first kappa shape index (κ1) is 19.9. The van der Waals surface area contributed by atoms with Crippen LogP contribution in [0.4, 0.5) is 32.2 Å². The third-order valence-electron chi connectivity index (χ3n) is 4.02. The number of nitrogen functional groups attached to an aromatic ring is 1. The van der Waals surface area contributed by atoms with Gasteiger partial charge in [-0.25, -0.2) is 9.97 Å². The van der Waals surface area contributed by atoms with Crippen molar-refractivity contribution in [3.05, 3.63) is 41.6 Å². The van der Waals surface area contributed by atoms with Gasteiger partial charge < -0.3 is 10.8 Å². The van der Waals surface area contributed by atoms with Gasteiger partial charge in [-0.05, 0) is 18.6 Å². The zero-order valence-corrected chi connectivity index (χ0v) is 14.2. The standard InChI is InChI=1S/C16H13F6N5O/c1-7-4-24-8(3-12(28)16(20,21)22)2-9(7)10-5-25-14-13(23)26-11(6-27(10)14)15(17,18)19/h2,4-6,12,28H,3H2,1H3,(H2,23,26). The molecule has 0 saturated heterocycles. The van der Waals surface area contributed by atoms with Gasteiger partial charge in [0.05, 0.1) is 11.9 Å². The predicted molar refractivity (Wildman–Crippen MR) is 86.1 cm³/mol. The van der Waals surface area contributed by atoms with Crippen LogP contribution in [0.5, 0.6) is 0 Å². The van der Waals surface area contributed by atoms with Crippen LogP contribution in [0.3, 0.4) is 0 Å². The number of halogens is 6. The second-order valence-electron chi connectivity index (χ2n) is 6.10. The molecule has 0 aliphatic carbocycles. The lowest BCUT2D eigenvalue weighted by atomic mass is 10.0. The minimum Gasteiger partial charge on any atom is -0.383 e. The minimum absolute atomic E-state index is 0.0314. The Morgan fingerprint density at radius 2 is 1.82 bits per heavy atom. The maximum Gasteiger partial charge on any atom is 0.434 e. The number of aromatic nitrogens is 4. The van der Waals surface area contributed by atoms with Crippen molar-refractivity contribution in [1.82, 2.24) is 19.4 Å². The van der Waals surface area contributed by atoms with Gasteiger partial charge in [0.2, 0.25) is 0 Å². The van der Waals surface area contributed by atoms with E-state index in [1.165, 1.54) is 18.5 Å². The van der Waals surface area contributed by atoms with Crippen molar-refractivity contribution in [3.8, 4) is 11.3 Å². The molecule has 3 heterocycles. The van der Waals surface area contributed by atoms with Gasteiger partial charge in [-0.1, -0.05) is 0 Å². The van der Waals surface area contributed by atoms with E-state index in [-0.39, 0.29) is 17.0 Å². The van der Waals surface area contributed by atoms with E-state index >= 15 is 0 Å². The molecule has 0 spiro atoms. The number of aliphatic hydroxyl groups excluding tert-OH is 1. The number of hydrogen-bond donors (Lipinski definition) is 2. The van der Waals surface area contributed by atoms with E-state index in [2.05, 4.69) is 15.0 Å². The molecule has 6 nitrogen and oxygen atoms in total. The number of aliphatic hydroxyl groups is 1. The van der Waals surface area contributed by atoms with E-state index in [1.807, 2.05) is 0 Å². The van der Waals surface area contributed by atoms with Crippen molar-refractivity contribution in [3.63, 3.8) is 0 Å². The van der Waals surface area contributed by atoms with Crippen molar-refractivity contribution < 1.29 is 31.4 Å². The maximum absolute atomic E-state index is 13.0. The third kappa shape index (κ3) is 3.72. The fourth-order valence-electron chi connectivity index (χ4n) is 2.62. The van der Waals surface area contributed by atoms with E-state index in [9.17, 15) is 31.4 Å². The zero-order valence-electron chi connectivity index (χ0n) is 14.2. The molecule has 3 N–H and O–H groups in total. The molecule has 1 atom stereocenters. The summed E-state index contributed by atoms with van der Waals surface area (Å²) in [6.07, 6.45) is -9.78. The molecule has 3 aromatic rings. The van der Waals surface area contributed by atoms with E-state index in [0.717, 1.165) is 4.40 Å². The number of rotatable bonds is 3. The Labute approximate surface area is 153 Å². The van der Waals surface area contributed by atoms with Crippen molar-refractivity contribution in [2.75, 3.05) is 5.73 Å². The molecule has 0 bridgehead atoms. The Balaban J connectivity index is 2.12. The number of alkyl halides is 6. The fourth-order valence-corrected chi connectivity index (χ4v) is 2.62. The van der Waals surface area contributed by atoms with Crippen LogP contribution in [0.15, 0.2) is 24.7 Å². The normalized spacial score (nSPS) is 13.9. The quantitative estimate of drug-likeness (QED) is 0.654. The van der Waals surface area contributed by atoms with Crippen molar-refractivity contribution in [2.45, 2.75) is 31.8 Å². The molecule has 0 amide bonds. The highest BCUT2D eigenvalue weighted by molar-refractivity contribution is 5.71. The van der Waals surface area contributed by atoms with Crippen LogP contribution in [-0.4, -0.2) is 36.7 Å². The second kappa shape index (κ2) is 6.62. The highest BCUT2D eigenvalue weighted by Gasteiger charge is 2.38. The average Bonchev–Trinajstić information content (AvgIpc) is 2.99. The van der Waals surface area contributed by atoms with Crippen molar-refractivity contribution in [2.24, 2.45) is 0 Å². The molecule has 1 unspecified atom stereocenters. The van der Waals surface area contributed by atoms with E-state index in [0.29, 0.717) is 17.3 Å². The Morgan fingerprint density at radius 1 is 1.14 bits per heavy atom. The highest BCUT2D eigenvalue weighted by atomic mass is 19.4.